The third kappa shape index (κ3) is 5.09. The van der Waals surface area contributed by atoms with Gasteiger partial charge in [-0.05, 0) is 36.6 Å². The van der Waals surface area contributed by atoms with E-state index in [9.17, 15) is 9.59 Å². The van der Waals surface area contributed by atoms with E-state index in [0.29, 0.717) is 50.8 Å². The lowest BCUT2D eigenvalue weighted by Gasteiger charge is -2.17. The van der Waals surface area contributed by atoms with Crippen LogP contribution in [0, 0.1) is 11.2 Å². The lowest BCUT2D eigenvalue weighted by molar-refractivity contribution is -0.117. The molecule has 0 aliphatic carbocycles. The van der Waals surface area contributed by atoms with Crippen LogP contribution in [0.2, 0.25) is 0 Å². The van der Waals surface area contributed by atoms with Crippen LogP contribution < -0.4 is 5.32 Å². The average Bonchev–Trinajstić information content (AvgIpc) is 3.65. The number of imidazole rings is 1. The number of anilines is 1. The molecule has 0 unspecified atom stereocenters. The number of pyridine rings is 3. The molecule has 6 aromatic heterocycles. The number of H-pyrrole nitrogens is 2. The van der Waals surface area contributed by atoms with Gasteiger partial charge in [-0.3, -0.25) is 24.7 Å². The van der Waals surface area contributed by atoms with E-state index < -0.39 is 5.82 Å². The number of carbonyl (C=O) groups is 2. The molecule has 0 aliphatic heterocycles. The van der Waals surface area contributed by atoms with Crippen molar-refractivity contribution in [1.82, 2.24) is 35.1 Å². The number of nitrogens with zero attached hydrogens (tertiary/aromatic N) is 5. The second-order valence-corrected chi connectivity index (χ2v) is 12.0. The molecule has 206 valence electrons. The number of thiophene rings is 1. The average molecular weight is 569 g/mol. The summed E-state index contributed by atoms with van der Waals surface area (Å²) < 4.78 is 16.1. The molecule has 0 atom stereocenters. The standard InChI is InChI=1S/C29H25FN8O2S/c1-14(39)19-5-6-20(41-19)25-24-18(7-8-32-25)35-28(36-24)26-22-23(30)17(13-33-27(22)38-37-26)15-9-16(12-31-11-15)34-21(40)10-29(2,3)4/h5-9,11-13H,10H2,1-4H3,(H,34,40)(H,35,36)(H,33,37,38). The molecule has 10 nitrogen and oxygen atoms in total. The molecule has 0 bridgehead atoms. The Morgan fingerprint density at radius 1 is 1.10 bits per heavy atom. The first-order valence-electron chi connectivity index (χ1n) is 12.8. The lowest BCUT2D eigenvalue weighted by atomic mass is 9.92. The molecule has 12 heteroatoms. The summed E-state index contributed by atoms with van der Waals surface area (Å²) in [6.45, 7) is 7.45. The van der Waals surface area contributed by atoms with Crippen LogP contribution in [0.3, 0.4) is 0 Å². The van der Waals surface area contributed by atoms with Crippen molar-refractivity contribution in [2.75, 3.05) is 5.32 Å². The van der Waals surface area contributed by atoms with Gasteiger partial charge in [0.05, 0.1) is 32.5 Å². The molecule has 6 rings (SSSR count). The summed E-state index contributed by atoms with van der Waals surface area (Å²) >= 11 is 1.34. The molecule has 41 heavy (non-hydrogen) atoms. The lowest BCUT2D eigenvalue weighted by Crippen LogP contribution is -2.19. The molecular weight excluding hydrogens is 543 g/mol. The first-order chi connectivity index (χ1) is 19.6. The number of nitrogens with one attached hydrogen (secondary N) is 3. The van der Waals surface area contributed by atoms with Crippen LogP contribution in [0.15, 0.2) is 49.1 Å². The summed E-state index contributed by atoms with van der Waals surface area (Å²) in [6.07, 6.45) is 6.41. The molecule has 0 saturated heterocycles. The topological polar surface area (TPSA) is 142 Å². The highest BCUT2D eigenvalue weighted by molar-refractivity contribution is 7.17. The van der Waals surface area contributed by atoms with Crippen molar-refractivity contribution in [2.24, 2.45) is 5.41 Å². The van der Waals surface area contributed by atoms with Crippen molar-refractivity contribution < 1.29 is 14.0 Å². The highest BCUT2D eigenvalue weighted by Gasteiger charge is 2.22. The third-order valence-corrected chi connectivity index (χ3v) is 7.56. The summed E-state index contributed by atoms with van der Waals surface area (Å²) in [7, 11) is 0. The number of hydrogen-bond acceptors (Lipinski definition) is 8. The minimum atomic E-state index is -0.554. The van der Waals surface area contributed by atoms with E-state index in [1.807, 2.05) is 26.8 Å². The van der Waals surface area contributed by atoms with Crippen LogP contribution in [0.5, 0.6) is 0 Å². The van der Waals surface area contributed by atoms with E-state index in [2.05, 4.69) is 35.5 Å². The van der Waals surface area contributed by atoms with Crippen LogP contribution in [0.25, 0.3) is 55.3 Å². The van der Waals surface area contributed by atoms with Gasteiger partial charge < -0.3 is 10.3 Å². The predicted molar refractivity (Wildman–Crippen MR) is 156 cm³/mol. The molecule has 1 amide bonds. The smallest absolute Gasteiger partial charge is 0.224 e. The Kier molecular flexibility index (Phi) is 6.41. The Labute approximate surface area is 237 Å². The summed E-state index contributed by atoms with van der Waals surface area (Å²) in [5.41, 5.74) is 3.33. The van der Waals surface area contributed by atoms with Crippen LogP contribution in [-0.2, 0) is 4.79 Å². The van der Waals surface area contributed by atoms with Gasteiger partial charge in [-0.2, -0.15) is 5.10 Å². The Balaban J connectivity index is 1.39. The highest BCUT2D eigenvalue weighted by Crippen LogP contribution is 2.36. The van der Waals surface area contributed by atoms with Crippen molar-refractivity contribution in [2.45, 2.75) is 34.1 Å². The van der Waals surface area contributed by atoms with Gasteiger partial charge in [0.2, 0.25) is 5.91 Å². The van der Waals surface area contributed by atoms with Gasteiger partial charge in [-0.15, -0.1) is 11.3 Å². The van der Waals surface area contributed by atoms with E-state index in [1.54, 1.807) is 24.4 Å². The quantitative estimate of drug-likeness (QED) is 0.197. The van der Waals surface area contributed by atoms with Gasteiger partial charge in [0, 0.05) is 36.1 Å². The van der Waals surface area contributed by atoms with Gasteiger partial charge in [0.25, 0.3) is 0 Å². The molecule has 6 aromatic rings. The van der Waals surface area contributed by atoms with Crippen molar-refractivity contribution >= 4 is 50.8 Å². The molecule has 0 radical (unpaired) electrons. The number of ketones is 1. The SMILES string of the molecule is CC(=O)c1ccc(-c2nccc3[nH]c(-c4[nH]nc5ncc(-c6cncc(NC(=O)CC(C)(C)C)c6)c(F)c45)nc23)s1. The maximum absolute atomic E-state index is 16.1. The Bertz CT molecular complexity index is 1970. The zero-order chi connectivity index (χ0) is 28.9. The summed E-state index contributed by atoms with van der Waals surface area (Å²) in [5.74, 6) is -0.366. The summed E-state index contributed by atoms with van der Waals surface area (Å²) in [4.78, 5) is 46.7. The highest BCUT2D eigenvalue weighted by atomic mass is 32.1. The number of fused-ring (bicyclic) bond motifs is 2. The van der Waals surface area contributed by atoms with Crippen LogP contribution in [-0.4, -0.2) is 46.8 Å². The van der Waals surface area contributed by atoms with Crippen molar-refractivity contribution in [1.29, 1.82) is 0 Å². The van der Waals surface area contributed by atoms with E-state index >= 15 is 4.39 Å². The van der Waals surface area contributed by atoms with Gasteiger partial charge in [0.15, 0.2) is 17.3 Å². The molecule has 0 aromatic carbocycles. The number of halogens is 1. The number of hydrogen-bond donors (Lipinski definition) is 3. The maximum atomic E-state index is 16.1. The van der Waals surface area contributed by atoms with E-state index in [0.717, 1.165) is 4.88 Å². The van der Waals surface area contributed by atoms with Crippen LogP contribution >= 0.6 is 11.3 Å². The van der Waals surface area contributed by atoms with Gasteiger partial charge >= 0.3 is 0 Å². The number of carbonyl (C=O) groups excluding carboxylic acids is 2. The van der Waals surface area contributed by atoms with Crippen molar-refractivity contribution in [3.8, 4) is 33.2 Å². The third-order valence-electron chi connectivity index (χ3n) is 6.37. The second-order valence-electron chi connectivity index (χ2n) is 10.9. The fourth-order valence-electron chi connectivity index (χ4n) is 4.55. The molecule has 3 N–H and O–H groups in total. The molecular formula is C29H25FN8O2S. The summed E-state index contributed by atoms with van der Waals surface area (Å²) in [6, 6.07) is 7.04. The van der Waals surface area contributed by atoms with Gasteiger partial charge in [-0.25, -0.2) is 14.4 Å². The van der Waals surface area contributed by atoms with E-state index in [-0.39, 0.29) is 33.7 Å². The van der Waals surface area contributed by atoms with Gasteiger partial charge in [0.1, 0.15) is 22.7 Å². The number of aromatic nitrogens is 7. The minimum absolute atomic E-state index is 0.0214. The Morgan fingerprint density at radius 2 is 1.93 bits per heavy atom. The molecule has 6 heterocycles. The van der Waals surface area contributed by atoms with Gasteiger partial charge in [-0.1, -0.05) is 20.8 Å². The second kappa shape index (κ2) is 9.97. The molecule has 0 fully saturated rings. The molecule has 0 spiro atoms. The monoisotopic (exact) mass is 568 g/mol. The zero-order valence-electron chi connectivity index (χ0n) is 22.7. The number of rotatable bonds is 6. The van der Waals surface area contributed by atoms with E-state index in [4.69, 9.17) is 4.98 Å². The fraction of sp³-hybridized carbons (Fsp3) is 0.207. The Morgan fingerprint density at radius 3 is 2.68 bits per heavy atom. The van der Waals surface area contributed by atoms with E-state index in [1.165, 1.54) is 36.9 Å². The number of aromatic amines is 2. The maximum Gasteiger partial charge on any atom is 0.224 e. The number of amides is 1. The normalized spacial score (nSPS) is 11.8. The predicted octanol–water partition coefficient (Wildman–Crippen LogP) is 6.40. The van der Waals surface area contributed by atoms with Crippen LogP contribution in [0.4, 0.5) is 10.1 Å². The van der Waals surface area contributed by atoms with Crippen LogP contribution in [0.1, 0.15) is 43.8 Å². The first-order valence-corrected chi connectivity index (χ1v) is 13.6. The van der Waals surface area contributed by atoms with Crippen molar-refractivity contribution in [3.05, 3.63) is 59.7 Å². The first kappa shape index (κ1) is 26.4. The largest absolute Gasteiger partial charge is 0.337 e. The Hall–Kier alpha value is -4.84. The van der Waals surface area contributed by atoms with Crippen molar-refractivity contribution in [3.63, 3.8) is 0 Å². The zero-order valence-corrected chi connectivity index (χ0v) is 23.5. The molecule has 0 saturated carbocycles. The summed E-state index contributed by atoms with van der Waals surface area (Å²) in [5, 5.41) is 10.1. The minimum Gasteiger partial charge on any atom is -0.337 e. The fourth-order valence-corrected chi connectivity index (χ4v) is 5.45. The number of Topliss-reactive ketones (excluding diaryl/α,β-unsaturated/α-hetero) is 1. The molecule has 0 aliphatic rings.